The van der Waals surface area contributed by atoms with Crippen LogP contribution in [-0.4, -0.2) is 53.5 Å². The van der Waals surface area contributed by atoms with Crippen LogP contribution in [0.1, 0.15) is 55.1 Å². The molecule has 2 N–H and O–H groups in total. The van der Waals surface area contributed by atoms with Gasteiger partial charge in [-0.25, -0.2) is 0 Å². The number of allylic oxidation sites excluding steroid dienone is 4. The van der Waals surface area contributed by atoms with Crippen molar-refractivity contribution >= 4 is 17.1 Å². The zero-order chi connectivity index (χ0) is 23.8. The lowest BCUT2D eigenvalue weighted by Gasteiger charge is -2.44. The van der Waals surface area contributed by atoms with Crippen LogP contribution in [0.15, 0.2) is 28.3 Å². The van der Waals surface area contributed by atoms with Gasteiger partial charge in [0, 0.05) is 30.2 Å². The molecule has 0 radical (unpaired) electrons. The van der Waals surface area contributed by atoms with Crippen LogP contribution in [0.3, 0.4) is 0 Å². The second-order valence-corrected chi connectivity index (χ2v) is 8.74. The highest BCUT2D eigenvalue weighted by atomic mass is 16.7. The number of aliphatic hydroxyl groups is 2. The Morgan fingerprint density at radius 3 is 2.67 bits per heavy atom. The summed E-state index contributed by atoms with van der Waals surface area (Å²) in [4.78, 5) is 39.4. The van der Waals surface area contributed by atoms with Crippen molar-refractivity contribution in [2.45, 2.75) is 63.8 Å². The van der Waals surface area contributed by atoms with Crippen LogP contribution in [0.5, 0.6) is 11.5 Å². The minimum absolute atomic E-state index is 0.00534. The van der Waals surface area contributed by atoms with Crippen molar-refractivity contribution in [1.29, 1.82) is 0 Å². The van der Waals surface area contributed by atoms with Gasteiger partial charge in [-0.2, -0.15) is 0 Å². The number of ketones is 2. The fourth-order valence-corrected chi connectivity index (χ4v) is 5.15. The van der Waals surface area contributed by atoms with Gasteiger partial charge in [0.25, 0.3) is 0 Å². The van der Waals surface area contributed by atoms with E-state index in [1.807, 2.05) is 6.92 Å². The highest BCUT2D eigenvalue weighted by Crippen LogP contribution is 2.55. The SMILES string of the molecule is CCCC(=O)C1=C2C=C(C)Oc3c4c(c(=O)cc(c32)C1=O)C1(O)C(O4)OC(C)C(OC)C1O. The van der Waals surface area contributed by atoms with Crippen molar-refractivity contribution in [2.75, 3.05) is 7.11 Å². The molecule has 0 saturated carbocycles. The molecule has 0 amide bonds. The van der Waals surface area contributed by atoms with Crippen molar-refractivity contribution in [1.82, 2.24) is 0 Å². The monoisotopic (exact) mass is 456 g/mol. The van der Waals surface area contributed by atoms with E-state index >= 15 is 0 Å². The van der Waals surface area contributed by atoms with E-state index in [-0.39, 0.29) is 46.0 Å². The lowest BCUT2D eigenvalue weighted by Crippen LogP contribution is -2.63. The lowest BCUT2D eigenvalue weighted by atomic mass is 9.82. The summed E-state index contributed by atoms with van der Waals surface area (Å²) in [5.41, 5.74) is -2.65. The molecule has 1 aromatic rings. The molecule has 1 aliphatic carbocycles. The molecule has 0 spiro atoms. The number of methoxy groups -OCH3 is 1. The molecule has 5 unspecified atom stereocenters. The summed E-state index contributed by atoms with van der Waals surface area (Å²) in [5, 5.41) is 22.6. The average Bonchev–Trinajstić information content (AvgIpc) is 3.15. The van der Waals surface area contributed by atoms with Crippen molar-refractivity contribution in [3.8, 4) is 11.5 Å². The first-order chi connectivity index (χ1) is 15.6. The molecule has 0 bridgehead atoms. The molecular weight excluding hydrogens is 432 g/mol. The summed E-state index contributed by atoms with van der Waals surface area (Å²) < 4.78 is 22.8. The third-order valence-electron chi connectivity index (χ3n) is 6.65. The molecule has 9 nitrogen and oxygen atoms in total. The smallest absolute Gasteiger partial charge is 0.236 e. The number of fused-ring (bicyclic) bond motifs is 4. The number of hydrogen-bond acceptors (Lipinski definition) is 9. The predicted molar refractivity (Wildman–Crippen MR) is 114 cm³/mol. The maximum Gasteiger partial charge on any atom is 0.236 e. The van der Waals surface area contributed by atoms with Crippen molar-refractivity contribution in [2.24, 2.45) is 0 Å². The first kappa shape index (κ1) is 22.0. The summed E-state index contributed by atoms with van der Waals surface area (Å²) in [5.74, 6) is -0.618. The summed E-state index contributed by atoms with van der Waals surface area (Å²) in [6.07, 6.45) is -2.20. The predicted octanol–water partition coefficient (Wildman–Crippen LogP) is 1.36. The number of Topliss-reactive ketones (excluding diaryl/α,β-unsaturated/α-hetero) is 2. The van der Waals surface area contributed by atoms with Crippen LogP contribution in [0.2, 0.25) is 0 Å². The van der Waals surface area contributed by atoms with Gasteiger partial charge in [0.1, 0.15) is 18.0 Å². The third-order valence-corrected chi connectivity index (χ3v) is 6.65. The van der Waals surface area contributed by atoms with Crippen LogP contribution in [0.4, 0.5) is 0 Å². The van der Waals surface area contributed by atoms with Crippen LogP contribution < -0.4 is 14.9 Å². The molecular formula is C24H24O9. The van der Waals surface area contributed by atoms with Gasteiger partial charge in [-0.1, -0.05) is 6.92 Å². The maximum atomic E-state index is 13.4. The van der Waals surface area contributed by atoms with Gasteiger partial charge in [-0.3, -0.25) is 14.4 Å². The van der Waals surface area contributed by atoms with Crippen LogP contribution in [-0.2, 0) is 19.9 Å². The quantitative estimate of drug-likeness (QED) is 0.645. The molecule has 174 valence electrons. The summed E-state index contributed by atoms with van der Waals surface area (Å²) in [6, 6.07) is 1.07. The fraction of sp³-hybridized carbons (Fsp3) is 0.458. The number of rotatable bonds is 4. The molecule has 5 atom stereocenters. The Labute approximate surface area is 189 Å². The van der Waals surface area contributed by atoms with Gasteiger partial charge < -0.3 is 29.2 Å². The molecule has 4 aliphatic rings. The van der Waals surface area contributed by atoms with Crippen LogP contribution >= 0.6 is 0 Å². The molecule has 33 heavy (non-hydrogen) atoms. The Morgan fingerprint density at radius 1 is 1.27 bits per heavy atom. The molecule has 3 heterocycles. The Kier molecular flexibility index (Phi) is 4.88. The summed E-state index contributed by atoms with van der Waals surface area (Å²) >= 11 is 0. The third kappa shape index (κ3) is 2.77. The van der Waals surface area contributed by atoms with Crippen molar-refractivity contribution in [3.63, 3.8) is 0 Å². The second kappa shape index (κ2) is 7.33. The van der Waals surface area contributed by atoms with Crippen molar-refractivity contribution < 1.29 is 38.7 Å². The molecule has 3 aliphatic heterocycles. The van der Waals surface area contributed by atoms with E-state index in [1.165, 1.54) is 7.11 Å². The van der Waals surface area contributed by atoms with Crippen molar-refractivity contribution in [3.05, 3.63) is 50.4 Å². The van der Waals surface area contributed by atoms with Gasteiger partial charge in [0.15, 0.2) is 34.1 Å². The largest absolute Gasteiger partial charge is 0.457 e. The van der Waals surface area contributed by atoms with E-state index in [4.69, 9.17) is 18.9 Å². The molecule has 5 rings (SSSR count). The van der Waals surface area contributed by atoms with E-state index in [0.717, 1.165) is 6.07 Å². The zero-order valence-electron chi connectivity index (χ0n) is 18.6. The Balaban J connectivity index is 1.81. The number of hydrogen-bond donors (Lipinski definition) is 2. The summed E-state index contributed by atoms with van der Waals surface area (Å²) in [7, 11) is 1.36. The van der Waals surface area contributed by atoms with Crippen LogP contribution in [0, 0.1) is 0 Å². The molecule has 0 aromatic heterocycles. The minimum atomic E-state index is -2.25. The van der Waals surface area contributed by atoms with E-state index in [2.05, 4.69) is 0 Å². The summed E-state index contributed by atoms with van der Waals surface area (Å²) in [6.45, 7) is 5.13. The van der Waals surface area contributed by atoms with Crippen LogP contribution in [0.25, 0.3) is 5.57 Å². The van der Waals surface area contributed by atoms with Gasteiger partial charge in [-0.05, 0) is 32.4 Å². The van der Waals surface area contributed by atoms with Gasteiger partial charge in [-0.15, -0.1) is 0 Å². The molecule has 9 heteroatoms. The van der Waals surface area contributed by atoms with E-state index in [9.17, 15) is 24.6 Å². The number of aliphatic hydroxyl groups excluding tert-OH is 1. The highest BCUT2D eigenvalue weighted by molar-refractivity contribution is 6.36. The average molecular weight is 456 g/mol. The highest BCUT2D eigenvalue weighted by Gasteiger charge is 2.63. The first-order valence-corrected chi connectivity index (χ1v) is 10.8. The Bertz CT molecular complexity index is 1230. The normalized spacial score (nSPS) is 31.3. The Hall–Kier alpha value is -2.85. The maximum absolute atomic E-state index is 13.4. The second-order valence-electron chi connectivity index (χ2n) is 8.74. The standard InChI is InChI=1S/C24H24O9/c1-5-6-13(25)16-11-7-9(2)31-20-15(11)12(18(16)27)8-14(26)17-21(20)33-23-24(17,29)22(28)19(30-4)10(3)32-23/h7-8,10,19,22-23,28-29H,5-6H2,1-4H3. The minimum Gasteiger partial charge on any atom is -0.457 e. The molecule has 1 fully saturated rings. The van der Waals surface area contributed by atoms with Gasteiger partial charge in [0.2, 0.25) is 6.29 Å². The lowest BCUT2D eigenvalue weighted by molar-refractivity contribution is -0.310. The number of ether oxygens (including phenoxy) is 4. The van der Waals surface area contributed by atoms with E-state index < -0.39 is 41.4 Å². The van der Waals surface area contributed by atoms with Gasteiger partial charge >= 0.3 is 0 Å². The topological polar surface area (TPSA) is 129 Å². The number of carbonyl (C=O) groups is 2. The van der Waals surface area contributed by atoms with E-state index in [1.54, 1.807) is 19.9 Å². The molecule has 1 aromatic carbocycles. The zero-order valence-corrected chi connectivity index (χ0v) is 18.6. The van der Waals surface area contributed by atoms with Gasteiger partial charge in [0.05, 0.1) is 17.2 Å². The Morgan fingerprint density at radius 2 is 2.00 bits per heavy atom. The fourth-order valence-electron chi connectivity index (χ4n) is 5.15. The first-order valence-electron chi connectivity index (χ1n) is 10.8. The number of carbonyl (C=O) groups excluding carboxylic acids is 2. The van der Waals surface area contributed by atoms with E-state index in [0.29, 0.717) is 17.8 Å². The molecule has 1 saturated heterocycles.